The van der Waals surface area contributed by atoms with Gasteiger partial charge in [0.1, 0.15) is 0 Å². The molecule has 0 aliphatic rings. The first-order valence-corrected chi connectivity index (χ1v) is 5.30. The SMILES string of the molecule is C#Cc1cccc(NC(=O)[C@H](N)CCC)c1. The standard InChI is InChI=1S/C13H16N2O/c1-3-6-12(14)13(16)15-11-8-5-7-10(4-2)9-11/h2,5,7-9,12H,3,6,14H2,1H3,(H,15,16)/t12-/m1/s1. The fraction of sp³-hybridized carbons (Fsp3) is 0.308. The van der Waals surface area contributed by atoms with Crippen LogP contribution >= 0.6 is 0 Å². The van der Waals surface area contributed by atoms with E-state index < -0.39 is 6.04 Å². The third-order valence-electron chi connectivity index (χ3n) is 2.23. The van der Waals surface area contributed by atoms with Gasteiger partial charge in [-0.2, -0.15) is 0 Å². The van der Waals surface area contributed by atoms with Gasteiger partial charge in [0, 0.05) is 11.3 Å². The third-order valence-corrected chi connectivity index (χ3v) is 2.23. The van der Waals surface area contributed by atoms with Crippen molar-refractivity contribution in [1.82, 2.24) is 0 Å². The molecule has 1 aromatic rings. The van der Waals surface area contributed by atoms with Crippen LogP contribution < -0.4 is 11.1 Å². The molecule has 3 heteroatoms. The molecule has 84 valence electrons. The Morgan fingerprint density at radius 1 is 1.62 bits per heavy atom. The zero-order valence-electron chi connectivity index (χ0n) is 9.36. The maximum absolute atomic E-state index is 11.6. The molecule has 0 bridgehead atoms. The quantitative estimate of drug-likeness (QED) is 0.753. The van der Waals surface area contributed by atoms with Gasteiger partial charge in [0.05, 0.1) is 6.04 Å². The van der Waals surface area contributed by atoms with E-state index in [1.54, 1.807) is 18.2 Å². The normalized spacial score (nSPS) is 11.6. The van der Waals surface area contributed by atoms with Crippen molar-refractivity contribution in [3.8, 4) is 12.3 Å². The molecular weight excluding hydrogens is 200 g/mol. The molecule has 3 nitrogen and oxygen atoms in total. The van der Waals surface area contributed by atoms with Crippen LogP contribution in [0.3, 0.4) is 0 Å². The molecule has 0 unspecified atom stereocenters. The van der Waals surface area contributed by atoms with E-state index in [0.717, 1.165) is 12.0 Å². The van der Waals surface area contributed by atoms with E-state index in [0.29, 0.717) is 12.1 Å². The lowest BCUT2D eigenvalue weighted by molar-refractivity contribution is -0.117. The fourth-order valence-corrected chi connectivity index (χ4v) is 1.36. The van der Waals surface area contributed by atoms with Crippen LogP contribution in [0.15, 0.2) is 24.3 Å². The molecule has 1 rings (SSSR count). The molecule has 0 saturated carbocycles. The number of benzene rings is 1. The Morgan fingerprint density at radius 2 is 2.38 bits per heavy atom. The highest BCUT2D eigenvalue weighted by atomic mass is 16.2. The molecule has 3 N–H and O–H groups in total. The van der Waals surface area contributed by atoms with Gasteiger partial charge in [0.25, 0.3) is 0 Å². The van der Waals surface area contributed by atoms with Crippen LogP contribution in [0.2, 0.25) is 0 Å². The van der Waals surface area contributed by atoms with E-state index in [1.807, 2.05) is 13.0 Å². The Hall–Kier alpha value is -1.79. The lowest BCUT2D eigenvalue weighted by atomic mass is 10.1. The summed E-state index contributed by atoms with van der Waals surface area (Å²) in [6.45, 7) is 1.99. The van der Waals surface area contributed by atoms with E-state index >= 15 is 0 Å². The number of anilines is 1. The van der Waals surface area contributed by atoms with Crippen LogP contribution in [-0.4, -0.2) is 11.9 Å². The van der Waals surface area contributed by atoms with Crippen molar-refractivity contribution < 1.29 is 4.79 Å². The summed E-state index contributed by atoms with van der Waals surface area (Å²) in [5, 5.41) is 2.74. The number of hydrogen-bond donors (Lipinski definition) is 2. The van der Waals surface area contributed by atoms with Crippen molar-refractivity contribution in [2.75, 3.05) is 5.32 Å². The van der Waals surface area contributed by atoms with E-state index in [9.17, 15) is 4.79 Å². The van der Waals surface area contributed by atoms with E-state index in [-0.39, 0.29) is 5.91 Å². The van der Waals surface area contributed by atoms with Crippen molar-refractivity contribution in [3.63, 3.8) is 0 Å². The Morgan fingerprint density at radius 3 is 3.00 bits per heavy atom. The molecule has 16 heavy (non-hydrogen) atoms. The van der Waals surface area contributed by atoms with Crippen molar-refractivity contribution in [1.29, 1.82) is 0 Å². The largest absolute Gasteiger partial charge is 0.325 e. The smallest absolute Gasteiger partial charge is 0.241 e. The average molecular weight is 216 g/mol. The predicted octanol–water partition coefficient (Wildman–Crippen LogP) is 1.73. The number of hydrogen-bond acceptors (Lipinski definition) is 2. The molecule has 0 heterocycles. The molecule has 0 aliphatic heterocycles. The topological polar surface area (TPSA) is 55.1 Å². The zero-order chi connectivity index (χ0) is 12.0. The first-order valence-electron chi connectivity index (χ1n) is 5.30. The molecule has 0 aromatic heterocycles. The van der Waals surface area contributed by atoms with Gasteiger partial charge in [-0.15, -0.1) is 6.42 Å². The average Bonchev–Trinajstić information content (AvgIpc) is 2.29. The Balaban J connectivity index is 2.66. The summed E-state index contributed by atoms with van der Waals surface area (Å²) in [6.07, 6.45) is 6.84. The minimum atomic E-state index is -0.459. The molecule has 1 amide bonds. The van der Waals surface area contributed by atoms with Crippen molar-refractivity contribution in [2.45, 2.75) is 25.8 Å². The van der Waals surface area contributed by atoms with Crippen molar-refractivity contribution in [2.24, 2.45) is 5.73 Å². The van der Waals surface area contributed by atoms with Crippen LogP contribution in [0.25, 0.3) is 0 Å². The van der Waals surface area contributed by atoms with E-state index in [1.165, 1.54) is 0 Å². The summed E-state index contributed by atoms with van der Waals surface area (Å²) in [7, 11) is 0. The van der Waals surface area contributed by atoms with Crippen LogP contribution in [0.4, 0.5) is 5.69 Å². The molecule has 0 aliphatic carbocycles. The van der Waals surface area contributed by atoms with E-state index in [2.05, 4.69) is 11.2 Å². The van der Waals surface area contributed by atoms with Crippen molar-refractivity contribution >= 4 is 11.6 Å². The molecule has 1 aromatic carbocycles. The number of amides is 1. The maximum Gasteiger partial charge on any atom is 0.241 e. The number of carbonyl (C=O) groups is 1. The summed E-state index contributed by atoms with van der Waals surface area (Å²) >= 11 is 0. The van der Waals surface area contributed by atoms with Crippen LogP contribution in [0, 0.1) is 12.3 Å². The molecule has 1 atom stereocenters. The number of carbonyl (C=O) groups excluding carboxylic acids is 1. The summed E-state index contributed by atoms with van der Waals surface area (Å²) in [6, 6.07) is 6.69. The highest BCUT2D eigenvalue weighted by Gasteiger charge is 2.11. The second kappa shape index (κ2) is 5.94. The molecular formula is C13H16N2O. The molecule has 0 spiro atoms. The summed E-state index contributed by atoms with van der Waals surface area (Å²) in [4.78, 5) is 11.6. The van der Waals surface area contributed by atoms with Crippen LogP contribution in [0.1, 0.15) is 25.3 Å². The highest BCUT2D eigenvalue weighted by molar-refractivity contribution is 5.94. The van der Waals surface area contributed by atoms with E-state index in [4.69, 9.17) is 12.2 Å². The fourth-order valence-electron chi connectivity index (χ4n) is 1.36. The second-order valence-electron chi connectivity index (χ2n) is 3.61. The van der Waals surface area contributed by atoms with Gasteiger partial charge >= 0.3 is 0 Å². The minimum absolute atomic E-state index is 0.170. The van der Waals surface area contributed by atoms with Gasteiger partial charge in [0.2, 0.25) is 5.91 Å². The van der Waals surface area contributed by atoms with Gasteiger partial charge in [-0.3, -0.25) is 4.79 Å². The summed E-state index contributed by atoms with van der Waals surface area (Å²) < 4.78 is 0. The van der Waals surface area contributed by atoms with Gasteiger partial charge in [-0.1, -0.05) is 25.3 Å². The number of rotatable bonds is 4. The first kappa shape index (κ1) is 12.3. The lowest BCUT2D eigenvalue weighted by Crippen LogP contribution is -2.35. The zero-order valence-corrected chi connectivity index (χ0v) is 9.36. The first-order chi connectivity index (χ1) is 7.67. The van der Waals surface area contributed by atoms with Gasteiger partial charge in [-0.25, -0.2) is 0 Å². The maximum atomic E-state index is 11.6. The lowest BCUT2D eigenvalue weighted by Gasteiger charge is -2.11. The van der Waals surface area contributed by atoms with Crippen molar-refractivity contribution in [3.05, 3.63) is 29.8 Å². The summed E-state index contributed by atoms with van der Waals surface area (Å²) in [5.74, 6) is 2.34. The predicted molar refractivity (Wildman–Crippen MR) is 65.9 cm³/mol. The molecule has 0 radical (unpaired) electrons. The van der Waals surface area contributed by atoms with Gasteiger partial charge in [-0.05, 0) is 24.6 Å². The summed E-state index contributed by atoms with van der Waals surface area (Å²) in [5.41, 5.74) is 7.12. The monoisotopic (exact) mass is 216 g/mol. The Bertz CT molecular complexity index is 407. The molecule has 0 saturated heterocycles. The molecule has 0 fully saturated rings. The van der Waals surface area contributed by atoms with Gasteiger partial charge < -0.3 is 11.1 Å². The van der Waals surface area contributed by atoms with Crippen LogP contribution in [-0.2, 0) is 4.79 Å². The Kier molecular flexibility index (Phi) is 4.56. The number of nitrogens with two attached hydrogens (primary N) is 1. The Labute approximate surface area is 96.0 Å². The second-order valence-corrected chi connectivity index (χ2v) is 3.61. The number of nitrogens with one attached hydrogen (secondary N) is 1. The third kappa shape index (κ3) is 3.41. The minimum Gasteiger partial charge on any atom is -0.325 e. The highest BCUT2D eigenvalue weighted by Crippen LogP contribution is 2.10. The number of terminal acetylenes is 1. The van der Waals surface area contributed by atoms with Crippen LogP contribution in [0.5, 0.6) is 0 Å². The van der Waals surface area contributed by atoms with Gasteiger partial charge in [0.15, 0.2) is 0 Å².